The lowest BCUT2D eigenvalue weighted by molar-refractivity contribution is -0.123. The zero-order chi connectivity index (χ0) is 16.8. The van der Waals surface area contributed by atoms with Gasteiger partial charge in [-0.2, -0.15) is 0 Å². The van der Waals surface area contributed by atoms with Gasteiger partial charge in [0.15, 0.2) is 6.61 Å². The topological polar surface area (TPSA) is 93.5 Å². The van der Waals surface area contributed by atoms with Crippen molar-refractivity contribution in [3.05, 3.63) is 24.3 Å². The molecule has 1 rings (SSSR count). The van der Waals surface area contributed by atoms with Gasteiger partial charge in [-0.15, -0.1) is 12.4 Å². The van der Waals surface area contributed by atoms with Crippen molar-refractivity contribution in [1.29, 1.82) is 0 Å². The molecule has 1 atom stereocenters. The minimum absolute atomic E-state index is 0. The maximum atomic E-state index is 12.0. The van der Waals surface area contributed by atoms with Crippen LogP contribution in [0.4, 0.5) is 5.69 Å². The van der Waals surface area contributed by atoms with E-state index in [-0.39, 0.29) is 36.2 Å². The van der Waals surface area contributed by atoms with E-state index in [0.717, 1.165) is 0 Å². The third-order valence-corrected chi connectivity index (χ3v) is 3.08. The first-order valence-electron chi connectivity index (χ1n) is 7.30. The van der Waals surface area contributed by atoms with Crippen molar-refractivity contribution in [1.82, 2.24) is 5.32 Å². The van der Waals surface area contributed by atoms with E-state index in [1.54, 1.807) is 24.3 Å². The van der Waals surface area contributed by atoms with E-state index in [1.165, 1.54) is 0 Å². The fraction of sp³-hybridized carbons (Fsp3) is 0.500. The van der Waals surface area contributed by atoms with Crippen molar-refractivity contribution in [2.45, 2.75) is 33.7 Å². The van der Waals surface area contributed by atoms with E-state index < -0.39 is 6.04 Å². The molecule has 23 heavy (non-hydrogen) atoms. The Morgan fingerprint density at radius 3 is 2.26 bits per heavy atom. The van der Waals surface area contributed by atoms with Crippen LogP contribution in [0.5, 0.6) is 5.75 Å². The fourth-order valence-electron chi connectivity index (χ4n) is 1.64. The molecule has 1 aromatic carbocycles. The first-order chi connectivity index (χ1) is 10.2. The molecule has 0 aliphatic rings. The number of halogens is 1. The molecule has 0 spiro atoms. The first-order valence-corrected chi connectivity index (χ1v) is 7.30. The lowest BCUT2D eigenvalue weighted by Gasteiger charge is -2.25. The van der Waals surface area contributed by atoms with Crippen LogP contribution in [0.3, 0.4) is 0 Å². The maximum absolute atomic E-state index is 12.0. The van der Waals surface area contributed by atoms with Crippen molar-refractivity contribution in [2.24, 2.45) is 11.1 Å². The van der Waals surface area contributed by atoms with Crippen LogP contribution in [0, 0.1) is 5.41 Å². The summed E-state index contributed by atoms with van der Waals surface area (Å²) in [6.07, 6.45) is 0. The number of ether oxygens (including phenoxy) is 1. The predicted octanol–water partition coefficient (Wildman–Crippen LogP) is 1.94. The van der Waals surface area contributed by atoms with Crippen LogP contribution in [0.25, 0.3) is 0 Å². The predicted molar refractivity (Wildman–Crippen MR) is 93.9 cm³/mol. The molecular formula is C16H26ClN3O3. The molecule has 0 heterocycles. The average molecular weight is 344 g/mol. The van der Waals surface area contributed by atoms with E-state index in [1.807, 2.05) is 27.7 Å². The Morgan fingerprint density at radius 2 is 1.78 bits per heavy atom. The van der Waals surface area contributed by atoms with Gasteiger partial charge >= 0.3 is 0 Å². The summed E-state index contributed by atoms with van der Waals surface area (Å²) in [5, 5.41) is 5.41. The molecule has 1 aromatic rings. The van der Waals surface area contributed by atoms with Crippen molar-refractivity contribution in [3.8, 4) is 5.75 Å². The van der Waals surface area contributed by atoms with E-state index in [4.69, 9.17) is 10.5 Å². The third-order valence-electron chi connectivity index (χ3n) is 3.08. The highest BCUT2D eigenvalue weighted by Crippen LogP contribution is 2.20. The van der Waals surface area contributed by atoms with Gasteiger partial charge in [0.05, 0.1) is 6.04 Å². The van der Waals surface area contributed by atoms with Crippen LogP contribution >= 0.6 is 12.4 Å². The molecule has 130 valence electrons. The summed E-state index contributed by atoms with van der Waals surface area (Å²) in [6, 6.07) is 6.21. The summed E-state index contributed by atoms with van der Waals surface area (Å²) >= 11 is 0. The van der Waals surface area contributed by atoms with Crippen molar-refractivity contribution < 1.29 is 14.3 Å². The first kappa shape index (κ1) is 21.2. The summed E-state index contributed by atoms with van der Waals surface area (Å²) in [6.45, 7) is 8.12. The summed E-state index contributed by atoms with van der Waals surface area (Å²) in [4.78, 5) is 23.3. The van der Waals surface area contributed by atoms with Crippen LogP contribution < -0.4 is 21.1 Å². The molecule has 0 aliphatic carbocycles. The van der Waals surface area contributed by atoms with Gasteiger partial charge < -0.3 is 21.1 Å². The number of likely N-dealkylation sites (N-methyl/N-ethyl adjacent to an activating group) is 1. The molecule has 0 aromatic heterocycles. The van der Waals surface area contributed by atoms with Crippen LogP contribution in [-0.2, 0) is 9.59 Å². The van der Waals surface area contributed by atoms with Crippen molar-refractivity contribution in [2.75, 3.05) is 18.5 Å². The number of nitrogens with one attached hydrogen (secondary N) is 2. The van der Waals surface area contributed by atoms with Gasteiger partial charge in [0, 0.05) is 12.2 Å². The monoisotopic (exact) mass is 343 g/mol. The number of rotatable bonds is 6. The van der Waals surface area contributed by atoms with Crippen LogP contribution in [0.1, 0.15) is 27.7 Å². The molecule has 6 nitrogen and oxygen atoms in total. The molecule has 0 saturated carbocycles. The highest BCUT2D eigenvalue weighted by atomic mass is 35.5. The number of hydrogen-bond acceptors (Lipinski definition) is 4. The lowest BCUT2D eigenvalue weighted by atomic mass is 9.87. The number of benzene rings is 1. The second-order valence-corrected chi connectivity index (χ2v) is 6.10. The van der Waals surface area contributed by atoms with Gasteiger partial charge in [-0.3, -0.25) is 9.59 Å². The molecule has 0 fully saturated rings. The summed E-state index contributed by atoms with van der Waals surface area (Å²) in [5.41, 5.74) is 6.23. The Balaban J connectivity index is 0.00000484. The van der Waals surface area contributed by atoms with Gasteiger partial charge in [0.2, 0.25) is 5.91 Å². The maximum Gasteiger partial charge on any atom is 0.257 e. The second-order valence-electron chi connectivity index (χ2n) is 6.10. The Morgan fingerprint density at radius 1 is 1.22 bits per heavy atom. The van der Waals surface area contributed by atoms with E-state index in [9.17, 15) is 9.59 Å². The van der Waals surface area contributed by atoms with Gasteiger partial charge in [-0.25, -0.2) is 0 Å². The zero-order valence-electron chi connectivity index (χ0n) is 14.0. The van der Waals surface area contributed by atoms with Crippen molar-refractivity contribution >= 4 is 29.9 Å². The molecule has 0 aliphatic heterocycles. The molecule has 0 unspecified atom stereocenters. The second kappa shape index (κ2) is 9.37. The number of anilines is 1. The Bertz CT molecular complexity index is 512. The smallest absolute Gasteiger partial charge is 0.257 e. The van der Waals surface area contributed by atoms with Crippen LogP contribution in [0.2, 0.25) is 0 Å². The number of nitrogens with two attached hydrogens (primary N) is 1. The van der Waals surface area contributed by atoms with Gasteiger partial charge in [0.1, 0.15) is 5.75 Å². The highest BCUT2D eigenvalue weighted by Gasteiger charge is 2.27. The Labute approximate surface area is 143 Å². The third kappa shape index (κ3) is 7.34. The number of carbonyl (C=O) groups excluding carboxylic acids is 2. The molecule has 0 bridgehead atoms. The van der Waals surface area contributed by atoms with E-state index >= 15 is 0 Å². The summed E-state index contributed by atoms with van der Waals surface area (Å²) < 4.78 is 5.33. The highest BCUT2D eigenvalue weighted by molar-refractivity contribution is 5.95. The summed E-state index contributed by atoms with van der Waals surface area (Å²) in [7, 11) is 0. The van der Waals surface area contributed by atoms with Crippen LogP contribution in [-0.4, -0.2) is 31.0 Å². The minimum Gasteiger partial charge on any atom is -0.484 e. The van der Waals surface area contributed by atoms with Gasteiger partial charge in [-0.05, 0) is 36.6 Å². The molecule has 0 radical (unpaired) electrons. The quantitative estimate of drug-likeness (QED) is 0.735. The SMILES string of the molecule is CCNC(=O)COc1ccc(NC(=O)[C@@H](N)C(C)(C)C)cc1.Cl. The van der Waals surface area contributed by atoms with Crippen molar-refractivity contribution in [3.63, 3.8) is 0 Å². The fourth-order valence-corrected chi connectivity index (χ4v) is 1.64. The van der Waals surface area contributed by atoms with Gasteiger partial charge in [0.25, 0.3) is 5.91 Å². The normalized spacial score (nSPS) is 11.9. The largest absolute Gasteiger partial charge is 0.484 e. The molecule has 0 saturated heterocycles. The Hall–Kier alpha value is -1.79. The summed E-state index contributed by atoms with van der Waals surface area (Å²) in [5.74, 6) is 0.156. The molecular weight excluding hydrogens is 318 g/mol. The number of carbonyl (C=O) groups is 2. The van der Waals surface area contributed by atoms with E-state index in [2.05, 4.69) is 10.6 Å². The van der Waals surface area contributed by atoms with E-state index in [0.29, 0.717) is 18.0 Å². The lowest BCUT2D eigenvalue weighted by Crippen LogP contribution is -2.45. The average Bonchev–Trinajstić information content (AvgIpc) is 2.45. The zero-order valence-corrected chi connectivity index (χ0v) is 14.8. The molecule has 2 amide bonds. The number of hydrogen-bond donors (Lipinski definition) is 3. The standard InChI is InChI=1S/C16H25N3O3.ClH/c1-5-18-13(20)10-22-12-8-6-11(7-9-12)19-15(21)14(17)16(2,3)4;/h6-9,14H,5,10,17H2,1-4H3,(H,18,20)(H,19,21);1H/t14-;/m1./s1. The molecule has 4 N–H and O–H groups in total. The van der Waals surface area contributed by atoms with Crippen LogP contribution in [0.15, 0.2) is 24.3 Å². The Kier molecular flexibility index (Phi) is 8.64. The minimum atomic E-state index is -0.596. The number of amides is 2. The molecule has 7 heteroatoms. The van der Waals surface area contributed by atoms with Gasteiger partial charge in [-0.1, -0.05) is 20.8 Å².